The van der Waals surface area contributed by atoms with Crippen LogP contribution in [0.1, 0.15) is 277 Å². The normalized spacial score (nSPS) is 13.0. The molecule has 0 rings (SSSR count). The molecule has 0 saturated heterocycles. The van der Waals surface area contributed by atoms with Crippen molar-refractivity contribution in [2.75, 3.05) is 13.2 Å². The van der Waals surface area contributed by atoms with E-state index in [1.165, 1.54) is 167 Å². The number of allylic oxidation sites excluding steroid dienone is 7. The van der Waals surface area contributed by atoms with Crippen LogP contribution >= 0.6 is 0 Å². The first-order chi connectivity index (χ1) is 31.0. The van der Waals surface area contributed by atoms with E-state index in [9.17, 15) is 19.8 Å². The van der Waals surface area contributed by atoms with E-state index in [0.717, 1.165) is 83.5 Å². The summed E-state index contributed by atoms with van der Waals surface area (Å²) in [7, 11) is 0. The van der Waals surface area contributed by atoms with Crippen molar-refractivity contribution in [2.45, 2.75) is 289 Å². The first-order valence-corrected chi connectivity index (χ1v) is 27.4. The maximum absolute atomic E-state index is 12.5. The van der Waals surface area contributed by atoms with E-state index < -0.39 is 12.1 Å². The van der Waals surface area contributed by atoms with E-state index in [2.05, 4.69) is 55.6 Å². The zero-order valence-corrected chi connectivity index (χ0v) is 41.8. The third-order valence-electron chi connectivity index (χ3n) is 12.3. The first kappa shape index (κ1) is 60.8. The van der Waals surface area contributed by atoms with E-state index in [1.807, 2.05) is 6.08 Å². The summed E-state index contributed by atoms with van der Waals surface area (Å²) in [4.78, 5) is 24.4. The van der Waals surface area contributed by atoms with Crippen molar-refractivity contribution >= 4 is 11.9 Å². The second-order valence-corrected chi connectivity index (χ2v) is 18.5. The molecule has 0 aliphatic rings. The summed E-state index contributed by atoms with van der Waals surface area (Å²) >= 11 is 0. The summed E-state index contributed by atoms with van der Waals surface area (Å²) in [5, 5.41) is 23.1. The molecule has 0 aromatic carbocycles. The van der Waals surface area contributed by atoms with Crippen LogP contribution in [0.3, 0.4) is 0 Å². The Morgan fingerprint density at radius 2 is 0.810 bits per heavy atom. The number of unbranched alkanes of at least 4 members (excludes halogenated alkanes) is 33. The molecule has 0 aromatic heterocycles. The Labute approximate surface area is 391 Å². The Bertz CT molecular complexity index is 1070. The molecule has 0 spiro atoms. The van der Waals surface area contributed by atoms with E-state index in [1.54, 1.807) is 6.08 Å². The zero-order valence-electron chi connectivity index (χ0n) is 41.8. The summed E-state index contributed by atoms with van der Waals surface area (Å²) in [6.07, 6.45) is 65.5. The van der Waals surface area contributed by atoms with Gasteiger partial charge in [-0.15, -0.1) is 0 Å². The number of ether oxygens (including phenoxy) is 1. The van der Waals surface area contributed by atoms with Crippen molar-refractivity contribution in [3.05, 3.63) is 48.6 Å². The van der Waals surface area contributed by atoms with E-state index in [4.69, 9.17) is 4.74 Å². The lowest BCUT2D eigenvalue weighted by Crippen LogP contribution is -2.45. The molecule has 2 atom stereocenters. The van der Waals surface area contributed by atoms with Gasteiger partial charge in [0.1, 0.15) is 0 Å². The van der Waals surface area contributed by atoms with Crippen molar-refractivity contribution in [3.63, 3.8) is 0 Å². The van der Waals surface area contributed by atoms with Gasteiger partial charge in [0.25, 0.3) is 0 Å². The standard InChI is InChI=1S/C57H105NO5/c1-3-5-7-9-11-13-15-16-17-18-20-23-26-30-33-37-41-45-49-55(60)54(53-59)58-56(61)50-46-42-38-34-31-27-24-21-19-22-25-28-32-36-40-44-48-52-63-57(62)51-47-43-39-35-29-14-12-10-8-6-4-2/h10,12,19,22,28,32,45,49,54-55,59-60H,3-9,11,13-18,20-21,23-27,29-31,33-44,46-48,50-53H2,1-2H3,(H,58,61)/b12-10-,22-19-,32-28-,49-45+. The Kier molecular flexibility index (Phi) is 50.6. The first-order valence-electron chi connectivity index (χ1n) is 27.4. The molecule has 0 radical (unpaired) electrons. The molecule has 0 heterocycles. The maximum atomic E-state index is 12.5. The van der Waals surface area contributed by atoms with Crippen LogP contribution in [0.25, 0.3) is 0 Å². The molecular weight excluding hydrogens is 779 g/mol. The lowest BCUT2D eigenvalue weighted by Gasteiger charge is -2.20. The second-order valence-electron chi connectivity index (χ2n) is 18.5. The average molecular weight is 884 g/mol. The number of amides is 1. The number of nitrogens with one attached hydrogen (secondary N) is 1. The second kappa shape index (κ2) is 52.4. The number of hydrogen-bond acceptors (Lipinski definition) is 5. The summed E-state index contributed by atoms with van der Waals surface area (Å²) in [6.45, 7) is 4.82. The minimum atomic E-state index is -0.856. The highest BCUT2D eigenvalue weighted by Gasteiger charge is 2.18. The van der Waals surface area contributed by atoms with E-state index in [-0.39, 0.29) is 18.5 Å². The predicted molar refractivity (Wildman–Crippen MR) is 273 cm³/mol. The van der Waals surface area contributed by atoms with Gasteiger partial charge in [0.05, 0.1) is 25.4 Å². The lowest BCUT2D eigenvalue weighted by molar-refractivity contribution is -0.143. The molecule has 2 unspecified atom stereocenters. The zero-order chi connectivity index (χ0) is 45.8. The van der Waals surface area contributed by atoms with Crippen LogP contribution in [0.5, 0.6) is 0 Å². The van der Waals surface area contributed by atoms with Crippen molar-refractivity contribution in [1.29, 1.82) is 0 Å². The summed E-state index contributed by atoms with van der Waals surface area (Å²) < 4.78 is 5.42. The number of rotatable bonds is 50. The molecule has 0 bridgehead atoms. The molecule has 0 aliphatic heterocycles. The molecule has 6 heteroatoms. The Morgan fingerprint density at radius 1 is 0.444 bits per heavy atom. The van der Waals surface area contributed by atoms with Gasteiger partial charge < -0.3 is 20.3 Å². The van der Waals surface area contributed by atoms with Crippen molar-refractivity contribution < 1.29 is 24.5 Å². The monoisotopic (exact) mass is 884 g/mol. The van der Waals surface area contributed by atoms with Crippen LogP contribution in [0, 0.1) is 0 Å². The fourth-order valence-electron chi connectivity index (χ4n) is 8.06. The largest absolute Gasteiger partial charge is 0.466 e. The topological polar surface area (TPSA) is 95.9 Å². The van der Waals surface area contributed by atoms with Crippen molar-refractivity contribution in [3.8, 4) is 0 Å². The number of esters is 1. The van der Waals surface area contributed by atoms with Crippen molar-refractivity contribution in [1.82, 2.24) is 5.32 Å². The summed E-state index contributed by atoms with van der Waals surface area (Å²) in [5.74, 6) is -0.112. The van der Waals surface area contributed by atoms with E-state index >= 15 is 0 Å². The van der Waals surface area contributed by atoms with Crippen LogP contribution in [-0.4, -0.2) is 47.4 Å². The van der Waals surface area contributed by atoms with Gasteiger partial charge in [-0.25, -0.2) is 0 Å². The van der Waals surface area contributed by atoms with Gasteiger partial charge >= 0.3 is 5.97 Å². The van der Waals surface area contributed by atoms with Crippen LogP contribution in [0.4, 0.5) is 0 Å². The fraction of sp³-hybridized carbons (Fsp3) is 0.825. The van der Waals surface area contributed by atoms with Crippen LogP contribution in [0.2, 0.25) is 0 Å². The number of carbonyl (C=O) groups excluding carboxylic acids is 2. The van der Waals surface area contributed by atoms with Gasteiger partial charge in [0.2, 0.25) is 5.91 Å². The van der Waals surface area contributed by atoms with Crippen LogP contribution < -0.4 is 5.32 Å². The molecule has 0 fully saturated rings. The number of aliphatic hydroxyl groups excluding tert-OH is 2. The smallest absolute Gasteiger partial charge is 0.305 e. The molecule has 368 valence electrons. The molecule has 0 aromatic rings. The summed E-state index contributed by atoms with van der Waals surface area (Å²) in [5.41, 5.74) is 0. The average Bonchev–Trinajstić information content (AvgIpc) is 3.28. The third kappa shape index (κ3) is 49.1. The van der Waals surface area contributed by atoms with Gasteiger partial charge in [0.15, 0.2) is 0 Å². The Morgan fingerprint density at radius 3 is 1.27 bits per heavy atom. The number of carbonyl (C=O) groups is 2. The molecule has 3 N–H and O–H groups in total. The van der Waals surface area contributed by atoms with Gasteiger partial charge in [-0.2, -0.15) is 0 Å². The predicted octanol–water partition coefficient (Wildman–Crippen LogP) is 16.6. The number of aliphatic hydroxyl groups is 2. The maximum Gasteiger partial charge on any atom is 0.305 e. The summed E-state index contributed by atoms with van der Waals surface area (Å²) in [6, 6.07) is -0.641. The lowest BCUT2D eigenvalue weighted by atomic mass is 10.0. The highest BCUT2D eigenvalue weighted by Crippen LogP contribution is 2.15. The molecular formula is C57H105NO5. The molecule has 0 aliphatic carbocycles. The van der Waals surface area contributed by atoms with Crippen LogP contribution in [-0.2, 0) is 14.3 Å². The van der Waals surface area contributed by atoms with Crippen LogP contribution in [0.15, 0.2) is 48.6 Å². The molecule has 0 saturated carbocycles. The fourth-order valence-corrected chi connectivity index (χ4v) is 8.06. The highest BCUT2D eigenvalue weighted by atomic mass is 16.5. The van der Waals surface area contributed by atoms with Gasteiger partial charge in [0, 0.05) is 12.8 Å². The molecule has 6 nitrogen and oxygen atoms in total. The number of hydrogen-bond donors (Lipinski definition) is 3. The molecule has 1 amide bonds. The highest BCUT2D eigenvalue weighted by molar-refractivity contribution is 5.76. The van der Waals surface area contributed by atoms with Gasteiger partial charge in [-0.3, -0.25) is 9.59 Å². The Balaban J connectivity index is 3.56. The van der Waals surface area contributed by atoms with E-state index in [0.29, 0.717) is 19.4 Å². The minimum absolute atomic E-state index is 0.0281. The van der Waals surface area contributed by atoms with Gasteiger partial charge in [-0.1, -0.05) is 223 Å². The molecule has 63 heavy (non-hydrogen) atoms. The quantitative estimate of drug-likeness (QED) is 0.0321. The third-order valence-corrected chi connectivity index (χ3v) is 12.3. The minimum Gasteiger partial charge on any atom is -0.466 e. The SMILES string of the molecule is CCCC/C=C\CCCCCCCC(=O)OCCCCC/C=C\C/C=C\CCCCCCCCCC(=O)NC(CO)C(O)/C=C/CCCCCCCCCCCCCCCCCC. The Hall–Kier alpha value is -2.18. The van der Waals surface area contributed by atoms with Crippen molar-refractivity contribution in [2.24, 2.45) is 0 Å². The van der Waals surface area contributed by atoms with Gasteiger partial charge in [-0.05, 0) is 89.9 Å².